The highest BCUT2D eigenvalue weighted by atomic mass is 35.5. The van der Waals surface area contributed by atoms with Gasteiger partial charge in [-0.25, -0.2) is 0 Å². The Labute approximate surface area is 95.9 Å². The van der Waals surface area contributed by atoms with Crippen LogP contribution in [-0.2, 0) is 16.6 Å². The fraction of sp³-hybridized carbons (Fsp3) is 0.400. The van der Waals surface area contributed by atoms with Gasteiger partial charge in [0, 0.05) is 31.7 Å². The van der Waals surface area contributed by atoms with Gasteiger partial charge in [0.1, 0.15) is 0 Å². The molecular weight excluding hydrogens is 239 g/mol. The van der Waals surface area contributed by atoms with E-state index in [9.17, 15) is 4.21 Å². The van der Waals surface area contributed by atoms with Gasteiger partial charge in [0.05, 0.1) is 5.75 Å². The summed E-state index contributed by atoms with van der Waals surface area (Å²) in [5.74, 6) is 0.489. The lowest BCUT2D eigenvalue weighted by molar-refractivity contribution is 0.682. The summed E-state index contributed by atoms with van der Waals surface area (Å²) < 4.78 is 11.7. The molecule has 1 saturated carbocycles. The SMILES string of the molecule is O=S(Cc1c(Cl)cccc1Cl)C1CC1. The Kier molecular flexibility index (Phi) is 3.15. The first-order chi connectivity index (χ1) is 6.68. The molecule has 0 N–H and O–H groups in total. The molecule has 2 rings (SSSR count). The van der Waals surface area contributed by atoms with Crippen molar-refractivity contribution in [3.8, 4) is 0 Å². The summed E-state index contributed by atoms with van der Waals surface area (Å²) >= 11 is 12.0. The van der Waals surface area contributed by atoms with E-state index < -0.39 is 10.8 Å². The number of hydrogen-bond acceptors (Lipinski definition) is 1. The molecule has 1 aromatic carbocycles. The molecule has 0 aromatic heterocycles. The number of hydrogen-bond donors (Lipinski definition) is 0. The maximum Gasteiger partial charge on any atom is 0.0518 e. The molecule has 0 heterocycles. The van der Waals surface area contributed by atoms with E-state index in [1.54, 1.807) is 18.2 Å². The van der Waals surface area contributed by atoms with Crippen LogP contribution in [0.5, 0.6) is 0 Å². The second kappa shape index (κ2) is 4.21. The molecule has 4 heteroatoms. The van der Waals surface area contributed by atoms with Crippen molar-refractivity contribution in [3.63, 3.8) is 0 Å². The summed E-state index contributed by atoms with van der Waals surface area (Å²) in [6.45, 7) is 0. The average Bonchev–Trinajstić information content (AvgIpc) is 2.94. The van der Waals surface area contributed by atoms with Gasteiger partial charge in [-0.15, -0.1) is 0 Å². The van der Waals surface area contributed by atoms with Gasteiger partial charge in [0.2, 0.25) is 0 Å². The quantitative estimate of drug-likeness (QED) is 0.802. The van der Waals surface area contributed by atoms with Crippen LogP contribution in [0.4, 0.5) is 0 Å². The Morgan fingerprint density at radius 2 is 1.86 bits per heavy atom. The first kappa shape index (κ1) is 10.5. The zero-order valence-corrected chi connectivity index (χ0v) is 9.83. The van der Waals surface area contributed by atoms with Crippen LogP contribution in [0.2, 0.25) is 10.0 Å². The molecule has 1 aromatic rings. The zero-order valence-electron chi connectivity index (χ0n) is 7.50. The van der Waals surface area contributed by atoms with Gasteiger partial charge in [0.15, 0.2) is 0 Å². The minimum atomic E-state index is -0.801. The first-order valence-electron chi connectivity index (χ1n) is 4.48. The van der Waals surface area contributed by atoms with Crippen LogP contribution in [0.3, 0.4) is 0 Å². The van der Waals surface area contributed by atoms with Crippen LogP contribution < -0.4 is 0 Å². The van der Waals surface area contributed by atoms with Crippen molar-refractivity contribution in [1.82, 2.24) is 0 Å². The standard InChI is InChI=1S/C10H10Cl2OS/c11-9-2-1-3-10(12)8(9)6-14(13)7-4-5-7/h1-3,7H,4-6H2. The van der Waals surface area contributed by atoms with Crippen LogP contribution in [0.25, 0.3) is 0 Å². The monoisotopic (exact) mass is 248 g/mol. The van der Waals surface area contributed by atoms with Crippen molar-refractivity contribution < 1.29 is 4.21 Å². The van der Waals surface area contributed by atoms with E-state index in [2.05, 4.69) is 0 Å². The van der Waals surface area contributed by atoms with E-state index in [0.29, 0.717) is 21.0 Å². The molecule has 0 bridgehead atoms. The molecule has 1 fully saturated rings. The Balaban J connectivity index is 2.18. The lowest BCUT2D eigenvalue weighted by Gasteiger charge is -2.05. The van der Waals surface area contributed by atoms with E-state index in [1.807, 2.05) is 0 Å². The highest BCUT2D eigenvalue weighted by molar-refractivity contribution is 7.85. The molecule has 1 aliphatic carbocycles. The molecule has 14 heavy (non-hydrogen) atoms. The lowest BCUT2D eigenvalue weighted by atomic mass is 10.2. The van der Waals surface area contributed by atoms with E-state index in [1.165, 1.54) is 0 Å². The largest absolute Gasteiger partial charge is 0.259 e. The van der Waals surface area contributed by atoms with Gasteiger partial charge in [-0.1, -0.05) is 29.3 Å². The smallest absolute Gasteiger partial charge is 0.0518 e. The minimum Gasteiger partial charge on any atom is -0.259 e. The van der Waals surface area contributed by atoms with Crippen LogP contribution in [0, 0.1) is 0 Å². The van der Waals surface area contributed by atoms with E-state index in [0.717, 1.165) is 18.4 Å². The zero-order chi connectivity index (χ0) is 10.1. The summed E-state index contributed by atoms with van der Waals surface area (Å²) in [6, 6.07) is 5.37. The van der Waals surface area contributed by atoms with Crippen molar-refractivity contribution in [3.05, 3.63) is 33.8 Å². The molecule has 0 amide bonds. The second-order valence-electron chi connectivity index (χ2n) is 3.42. The van der Waals surface area contributed by atoms with Crippen molar-refractivity contribution in [2.24, 2.45) is 0 Å². The van der Waals surface area contributed by atoms with Crippen LogP contribution in [0.15, 0.2) is 18.2 Å². The van der Waals surface area contributed by atoms with Gasteiger partial charge >= 0.3 is 0 Å². The van der Waals surface area contributed by atoms with Gasteiger partial charge < -0.3 is 0 Å². The van der Waals surface area contributed by atoms with E-state index >= 15 is 0 Å². The third kappa shape index (κ3) is 2.30. The van der Waals surface area contributed by atoms with Crippen molar-refractivity contribution in [2.45, 2.75) is 23.8 Å². The molecule has 1 atom stereocenters. The third-order valence-corrected chi connectivity index (χ3v) is 4.74. The topological polar surface area (TPSA) is 17.1 Å². The second-order valence-corrected chi connectivity index (χ2v) is 5.96. The summed E-state index contributed by atoms with van der Waals surface area (Å²) in [5.41, 5.74) is 0.820. The molecule has 0 spiro atoms. The van der Waals surface area contributed by atoms with Crippen molar-refractivity contribution >= 4 is 34.0 Å². The maximum atomic E-state index is 11.7. The Morgan fingerprint density at radius 3 is 2.36 bits per heavy atom. The van der Waals surface area contributed by atoms with Gasteiger partial charge in [0.25, 0.3) is 0 Å². The molecule has 0 radical (unpaired) electrons. The highest BCUT2D eigenvalue weighted by Crippen LogP contribution is 2.31. The van der Waals surface area contributed by atoms with Gasteiger partial charge in [-0.05, 0) is 25.0 Å². The normalized spacial score (nSPS) is 18.1. The van der Waals surface area contributed by atoms with Crippen molar-refractivity contribution in [2.75, 3.05) is 0 Å². The van der Waals surface area contributed by atoms with Crippen LogP contribution in [-0.4, -0.2) is 9.46 Å². The van der Waals surface area contributed by atoms with E-state index in [-0.39, 0.29) is 0 Å². The summed E-state index contributed by atoms with van der Waals surface area (Å²) in [4.78, 5) is 0. The van der Waals surface area contributed by atoms with Gasteiger partial charge in [-0.3, -0.25) is 4.21 Å². The fourth-order valence-electron chi connectivity index (χ4n) is 1.26. The molecule has 1 aliphatic rings. The molecule has 1 unspecified atom stereocenters. The van der Waals surface area contributed by atoms with Crippen LogP contribution >= 0.6 is 23.2 Å². The van der Waals surface area contributed by atoms with Crippen LogP contribution in [0.1, 0.15) is 18.4 Å². The predicted octanol–water partition coefficient (Wildman–Crippen LogP) is 3.40. The van der Waals surface area contributed by atoms with Gasteiger partial charge in [-0.2, -0.15) is 0 Å². The number of rotatable bonds is 3. The number of halogens is 2. The number of benzene rings is 1. The highest BCUT2D eigenvalue weighted by Gasteiger charge is 2.28. The fourth-order valence-corrected chi connectivity index (χ4v) is 3.44. The first-order valence-corrected chi connectivity index (χ1v) is 6.62. The molecule has 1 nitrogen and oxygen atoms in total. The maximum absolute atomic E-state index is 11.7. The average molecular weight is 249 g/mol. The summed E-state index contributed by atoms with van der Waals surface area (Å²) in [6.07, 6.45) is 2.16. The molecular formula is C10H10Cl2OS. The Bertz CT molecular complexity index is 354. The molecule has 0 saturated heterocycles. The predicted molar refractivity (Wildman–Crippen MR) is 61.3 cm³/mol. The summed E-state index contributed by atoms with van der Waals surface area (Å²) in [5, 5.41) is 1.61. The van der Waals surface area contributed by atoms with E-state index in [4.69, 9.17) is 23.2 Å². The Hall–Kier alpha value is -0.0500. The van der Waals surface area contributed by atoms with Crippen molar-refractivity contribution in [1.29, 1.82) is 0 Å². The third-order valence-electron chi connectivity index (χ3n) is 2.24. The Morgan fingerprint density at radius 1 is 1.29 bits per heavy atom. The minimum absolute atomic E-state index is 0.377. The molecule has 76 valence electrons. The summed E-state index contributed by atoms with van der Waals surface area (Å²) in [7, 11) is -0.801. The molecule has 0 aliphatic heterocycles. The lowest BCUT2D eigenvalue weighted by Crippen LogP contribution is -2.01.